The number of benzene rings is 2. The molecule has 0 amide bonds. The van der Waals surface area contributed by atoms with Crippen LogP contribution in [0.2, 0.25) is 0 Å². The summed E-state index contributed by atoms with van der Waals surface area (Å²) in [5, 5.41) is 6.15. The van der Waals surface area contributed by atoms with Gasteiger partial charge in [-0.3, -0.25) is 4.79 Å². The monoisotopic (exact) mass is 547 g/mol. The minimum absolute atomic E-state index is 0.0607. The van der Waals surface area contributed by atoms with E-state index in [1.807, 2.05) is 77.9 Å². The van der Waals surface area contributed by atoms with Crippen LogP contribution in [-0.2, 0) is 9.53 Å². The normalized spacial score (nSPS) is 10.6. The quantitative estimate of drug-likeness (QED) is 0.0893. The number of allylic oxidation sites excluding steroid dienone is 3. The number of ether oxygens (including phenoxy) is 1. The summed E-state index contributed by atoms with van der Waals surface area (Å²) >= 11 is 12.3. The molecule has 2 rings (SSSR count). The maximum Gasteiger partial charge on any atom is 0.309 e. The molecule has 0 heterocycles. The van der Waals surface area contributed by atoms with Crippen molar-refractivity contribution in [3.63, 3.8) is 0 Å². The van der Waals surface area contributed by atoms with Crippen LogP contribution in [0, 0.1) is 6.92 Å². The second kappa shape index (κ2) is 21.1. The molecule has 0 spiro atoms. The lowest BCUT2D eigenvalue weighted by molar-refractivity contribution is -0.139. The fourth-order valence-corrected chi connectivity index (χ4v) is 3.55. The molecule has 0 radical (unpaired) electrons. The van der Waals surface area contributed by atoms with Gasteiger partial charge in [-0.2, -0.15) is 5.10 Å². The average Bonchev–Trinajstić information content (AvgIpc) is 2.91. The lowest BCUT2D eigenvalue weighted by Gasteiger charge is -2.26. The summed E-state index contributed by atoms with van der Waals surface area (Å²) in [7, 11) is 1.35. The third-order valence-corrected chi connectivity index (χ3v) is 5.03. The van der Waals surface area contributed by atoms with Gasteiger partial charge < -0.3 is 10.5 Å². The first-order valence-corrected chi connectivity index (χ1v) is 13.1. The molecular formula is C30H43Cl2N3O2. The second-order valence-electron chi connectivity index (χ2n) is 7.00. The van der Waals surface area contributed by atoms with Crippen molar-refractivity contribution in [2.75, 3.05) is 18.7 Å². The molecule has 5 nitrogen and oxygen atoms in total. The van der Waals surface area contributed by atoms with Gasteiger partial charge in [-0.15, -0.1) is 18.2 Å². The van der Waals surface area contributed by atoms with Crippen molar-refractivity contribution < 1.29 is 9.53 Å². The highest BCUT2D eigenvalue weighted by atomic mass is 35.5. The molecule has 0 aliphatic carbocycles. The SMILES string of the molecule is C=CC.C=NN(/C(=C\CC(=O)OC)c1ccc(-c2cccc(N)c2)cc1C)/C(CCl)=C(/C)Cl.CC.CC. The topological polar surface area (TPSA) is 67.9 Å². The average molecular weight is 549 g/mol. The first-order chi connectivity index (χ1) is 17.7. The van der Waals surface area contributed by atoms with Crippen molar-refractivity contribution >= 4 is 47.3 Å². The summed E-state index contributed by atoms with van der Waals surface area (Å²) in [6, 6.07) is 13.7. The third kappa shape index (κ3) is 12.2. The zero-order chi connectivity index (χ0) is 29.0. The summed E-state index contributed by atoms with van der Waals surface area (Å²) in [6.07, 6.45) is 3.54. The Bertz CT molecular complexity index is 1040. The molecule has 0 aromatic heterocycles. The van der Waals surface area contributed by atoms with Crippen LogP contribution in [0.4, 0.5) is 5.69 Å². The largest absolute Gasteiger partial charge is 0.469 e. The van der Waals surface area contributed by atoms with Crippen LogP contribution < -0.4 is 5.73 Å². The second-order valence-corrected chi connectivity index (χ2v) is 7.83. The molecule has 0 fully saturated rings. The molecule has 0 saturated heterocycles. The van der Waals surface area contributed by atoms with Crippen LogP contribution in [0.15, 0.2) is 77.0 Å². The first kappa shape index (κ1) is 36.1. The smallest absolute Gasteiger partial charge is 0.309 e. The zero-order valence-electron chi connectivity index (χ0n) is 23.6. The zero-order valence-corrected chi connectivity index (χ0v) is 25.1. The van der Waals surface area contributed by atoms with Crippen LogP contribution in [-0.4, -0.2) is 30.7 Å². The van der Waals surface area contributed by atoms with Crippen molar-refractivity contribution in [2.45, 2.75) is 54.9 Å². The predicted molar refractivity (Wildman–Crippen MR) is 165 cm³/mol. The van der Waals surface area contributed by atoms with Crippen LogP contribution >= 0.6 is 23.2 Å². The number of halogens is 2. The number of rotatable bonds is 8. The third-order valence-electron chi connectivity index (χ3n) is 4.56. The predicted octanol–water partition coefficient (Wildman–Crippen LogP) is 9.02. The molecule has 0 saturated carbocycles. The number of nitrogens with two attached hydrogens (primary N) is 1. The van der Waals surface area contributed by atoms with Crippen molar-refractivity contribution in [3.8, 4) is 11.1 Å². The molecular weight excluding hydrogens is 505 g/mol. The number of carbonyl (C=O) groups excluding carboxylic acids is 1. The van der Waals surface area contributed by atoms with Crippen LogP contribution in [0.1, 0.15) is 59.1 Å². The molecule has 2 N–H and O–H groups in total. The Hall–Kier alpha value is -3.02. The molecule has 37 heavy (non-hydrogen) atoms. The fourth-order valence-electron chi connectivity index (χ4n) is 3.02. The number of carbonyl (C=O) groups is 1. The standard InChI is InChI=1S/C23H25Cl2N3O2.C3H6.2C2H6/c1-15-12-18(17-6-5-7-19(26)13-17)8-9-20(15)21(10-11-23(29)30-4)28(27-3)22(14-24)16(2)25;1-3-2;2*1-2/h5-10,12-13H,3,11,14,26H2,1-2,4H3;3H,1H2,2H3;2*1-2H3/b21-10-,22-16-;;;. The Kier molecular flexibility index (Phi) is 20.6. The van der Waals surface area contributed by atoms with Crippen LogP contribution in [0.25, 0.3) is 16.8 Å². The number of methoxy groups -OCH3 is 1. The van der Waals surface area contributed by atoms with Gasteiger partial charge in [0.15, 0.2) is 0 Å². The van der Waals surface area contributed by atoms with Crippen LogP contribution in [0.5, 0.6) is 0 Å². The summed E-state index contributed by atoms with van der Waals surface area (Å²) in [4.78, 5) is 11.8. The van der Waals surface area contributed by atoms with E-state index < -0.39 is 0 Å². The van der Waals surface area contributed by atoms with E-state index in [2.05, 4.69) is 24.5 Å². The Labute approximate surface area is 234 Å². The lowest BCUT2D eigenvalue weighted by atomic mass is 9.97. The molecule has 2 aromatic rings. The Morgan fingerprint density at radius 1 is 1.14 bits per heavy atom. The Morgan fingerprint density at radius 3 is 2.14 bits per heavy atom. The highest BCUT2D eigenvalue weighted by Gasteiger charge is 2.19. The van der Waals surface area contributed by atoms with Crippen molar-refractivity contribution in [2.24, 2.45) is 5.10 Å². The van der Waals surface area contributed by atoms with Crippen molar-refractivity contribution in [3.05, 3.63) is 83.1 Å². The number of hydrogen-bond donors (Lipinski definition) is 1. The van der Waals surface area contributed by atoms with E-state index in [1.54, 1.807) is 24.1 Å². The van der Waals surface area contributed by atoms with Crippen molar-refractivity contribution in [1.29, 1.82) is 0 Å². The molecule has 7 heteroatoms. The number of esters is 1. The highest BCUT2D eigenvalue weighted by molar-refractivity contribution is 6.30. The van der Waals surface area contributed by atoms with Crippen LogP contribution in [0.3, 0.4) is 0 Å². The number of hydrogen-bond acceptors (Lipinski definition) is 5. The minimum atomic E-state index is -0.371. The number of anilines is 1. The van der Waals surface area contributed by atoms with E-state index in [0.29, 0.717) is 22.1 Å². The van der Waals surface area contributed by atoms with Gasteiger partial charge in [-0.05, 0) is 55.7 Å². The number of aryl methyl sites for hydroxylation is 1. The highest BCUT2D eigenvalue weighted by Crippen LogP contribution is 2.32. The van der Waals surface area contributed by atoms with E-state index >= 15 is 0 Å². The summed E-state index contributed by atoms with van der Waals surface area (Å²) < 4.78 is 4.78. The summed E-state index contributed by atoms with van der Waals surface area (Å²) in [5.41, 5.74) is 11.7. The molecule has 0 aliphatic rings. The van der Waals surface area contributed by atoms with Crippen molar-refractivity contribution in [1.82, 2.24) is 5.01 Å². The molecule has 204 valence electrons. The molecule has 2 aromatic carbocycles. The maximum atomic E-state index is 11.8. The number of alkyl halides is 1. The van der Waals surface area contributed by atoms with Gasteiger partial charge in [0.2, 0.25) is 0 Å². The first-order valence-electron chi connectivity index (χ1n) is 12.2. The van der Waals surface area contributed by atoms with Gasteiger partial charge in [-0.25, -0.2) is 5.01 Å². The molecule has 0 bridgehead atoms. The van der Waals surface area contributed by atoms with Gasteiger partial charge in [0.05, 0.1) is 30.8 Å². The molecule has 0 unspecified atom stereocenters. The van der Waals surface area contributed by atoms with E-state index in [-0.39, 0.29) is 18.3 Å². The summed E-state index contributed by atoms with van der Waals surface area (Å²) in [5.74, 6) is -0.241. The van der Waals surface area contributed by atoms with E-state index in [1.165, 1.54) is 7.11 Å². The minimum Gasteiger partial charge on any atom is -0.469 e. The van der Waals surface area contributed by atoms with Gasteiger partial charge in [0.25, 0.3) is 0 Å². The number of nitrogens with zero attached hydrogens (tertiary/aromatic N) is 2. The van der Waals surface area contributed by atoms with E-state index in [0.717, 1.165) is 22.3 Å². The molecule has 0 atom stereocenters. The van der Waals surface area contributed by atoms with E-state index in [9.17, 15) is 4.79 Å². The Balaban J connectivity index is 0. The van der Waals surface area contributed by atoms with Gasteiger partial charge >= 0.3 is 5.97 Å². The maximum absolute atomic E-state index is 11.8. The fraction of sp³-hybridized carbons (Fsp3) is 0.333. The van der Waals surface area contributed by atoms with Gasteiger partial charge in [0.1, 0.15) is 0 Å². The summed E-state index contributed by atoms with van der Waals surface area (Å²) in [6.45, 7) is 20.6. The molecule has 0 aliphatic heterocycles. The van der Waals surface area contributed by atoms with E-state index in [4.69, 9.17) is 33.7 Å². The van der Waals surface area contributed by atoms with Gasteiger partial charge in [-0.1, -0.05) is 75.7 Å². The number of nitrogen functional groups attached to an aromatic ring is 1. The van der Waals surface area contributed by atoms with Gasteiger partial charge in [0, 0.05) is 23.0 Å². The lowest BCUT2D eigenvalue weighted by Crippen LogP contribution is -2.18. The Morgan fingerprint density at radius 2 is 1.70 bits per heavy atom. The number of hydrazone groups is 1.